The molecule has 1 aliphatic carbocycles. The van der Waals surface area contributed by atoms with E-state index in [1.165, 1.54) is 5.56 Å². The molecule has 1 unspecified atom stereocenters. The standard InChI is InChI=1S/C17H25NO3/c1-4-17(2,3)18-16(20)11-21-13-9-8-12-6-5-7-15(19)14(12)10-13/h8-10,15,19H,4-7,11H2,1-3H3,(H,18,20). The Kier molecular flexibility index (Phi) is 4.88. The average Bonchev–Trinajstić information content (AvgIpc) is 2.45. The second kappa shape index (κ2) is 6.48. The van der Waals surface area contributed by atoms with Gasteiger partial charge in [0, 0.05) is 5.54 Å². The second-order valence-electron chi connectivity index (χ2n) is 6.34. The van der Waals surface area contributed by atoms with Gasteiger partial charge in [0.1, 0.15) is 5.75 Å². The lowest BCUT2D eigenvalue weighted by Crippen LogP contribution is -2.44. The molecule has 21 heavy (non-hydrogen) atoms. The van der Waals surface area contributed by atoms with Gasteiger partial charge in [-0.25, -0.2) is 0 Å². The largest absolute Gasteiger partial charge is 0.484 e. The van der Waals surface area contributed by atoms with Crippen LogP contribution in [0, 0.1) is 0 Å². The normalized spacial score (nSPS) is 18.0. The van der Waals surface area contributed by atoms with Crippen LogP contribution in [0.3, 0.4) is 0 Å². The summed E-state index contributed by atoms with van der Waals surface area (Å²) in [6, 6.07) is 5.72. The van der Waals surface area contributed by atoms with Crippen molar-refractivity contribution in [1.82, 2.24) is 5.32 Å². The maximum Gasteiger partial charge on any atom is 0.258 e. The highest BCUT2D eigenvalue weighted by Crippen LogP contribution is 2.32. The number of benzene rings is 1. The minimum Gasteiger partial charge on any atom is -0.484 e. The molecule has 2 N–H and O–H groups in total. The quantitative estimate of drug-likeness (QED) is 0.877. The van der Waals surface area contributed by atoms with E-state index in [9.17, 15) is 9.90 Å². The summed E-state index contributed by atoms with van der Waals surface area (Å²) in [5.74, 6) is 0.513. The van der Waals surface area contributed by atoms with Gasteiger partial charge in [0.25, 0.3) is 5.91 Å². The zero-order chi connectivity index (χ0) is 15.5. The van der Waals surface area contributed by atoms with Crippen LogP contribution in [0.2, 0.25) is 0 Å². The van der Waals surface area contributed by atoms with Gasteiger partial charge in [0.2, 0.25) is 0 Å². The van der Waals surface area contributed by atoms with Crippen LogP contribution in [-0.2, 0) is 11.2 Å². The molecule has 4 heteroatoms. The number of carbonyl (C=O) groups excluding carboxylic acids is 1. The Morgan fingerprint density at radius 2 is 2.24 bits per heavy atom. The summed E-state index contributed by atoms with van der Waals surface area (Å²) in [6.07, 6.45) is 3.26. The summed E-state index contributed by atoms with van der Waals surface area (Å²) in [5.41, 5.74) is 1.90. The predicted octanol–water partition coefficient (Wildman–Crippen LogP) is 2.74. The molecule has 0 spiro atoms. The van der Waals surface area contributed by atoms with Crippen molar-refractivity contribution < 1.29 is 14.6 Å². The van der Waals surface area contributed by atoms with Crippen molar-refractivity contribution in [2.75, 3.05) is 6.61 Å². The number of carbonyl (C=O) groups is 1. The van der Waals surface area contributed by atoms with Crippen LogP contribution >= 0.6 is 0 Å². The van der Waals surface area contributed by atoms with Crippen LogP contribution in [0.5, 0.6) is 5.75 Å². The molecule has 0 saturated carbocycles. The van der Waals surface area contributed by atoms with Crippen molar-refractivity contribution in [3.63, 3.8) is 0 Å². The highest BCUT2D eigenvalue weighted by atomic mass is 16.5. The van der Waals surface area contributed by atoms with Gasteiger partial charge in [-0.3, -0.25) is 4.79 Å². The van der Waals surface area contributed by atoms with Gasteiger partial charge < -0.3 is 15.2 Å². The zero-order valence-corrected chi connectivity index (χ0v) is 13.1. The highest BCUT2D eigenvalue weighted by Gasteiger charge is 2.20. The van der Waals surface area contributed by atoms with Crippen molar-refractivity contribution >= 4 is 5.91 Å². The molecule has 0 radical (unpaired) electrons. The zero-order valence-electron chi connectivity index (χ0n) is 13.1. The highest BCUT2D eigenvalue weighted by molar-refractivity contribution is 5.78. The summed E-state index contributed by atoms with van der Waals surface area (Å²) < 4.78 is 5.55. The van der Waals surface area contributed by atoms with Crippen molar-refractivity contribution in [3.8, 4) is 5.75 Å². The Morgan fingerprint density at radius 1 is 1.48 bits per heavy atom. The molecule has 0 bridgehead atoms. The van der Waals surface area contributed by atoms with Gasteiger partial charge in [-0.05, 0) is 62.8 Å². The smallest absolute Gasteiger partial charge is 0.258 e. The Balaban J connectivity index is 1.95. The third kappa shape index (κ3) is 4.21. The number of fused-ring (bicyclic) bond motifs is 1. The maximum atomic E-state index is 11.9. The molecule has 116 valence electrons. The van der Waals surface area contributed by atoms with Crippen LogP contribution in [0.4, 0.5) is 0 Å². The van der Waals surface area contributed by atoms with E-state index >= 15 is 0 Å². The summed E-state index contributed by atoms with van der Waals surface area (Å²) in [7, 11) is 0. The van der Waals surface area contributed by atoms with E-state index in [4.69, 9.17) is 4.74 Å². The van der Waals surface area contributed by atoms with Crippen LogP contribution < -0.4 is 10.1 Å². The fourth-order valence-electron chi connectivity index (χ4n) is 2.49. The lowest BCUT2D eigenvalue weighted by atomic mass is 9.89. The number of nitrogens with one attached hydrogen (secondary N) is 1. The second-order valence-corrected chi connectivity index (χ2v) is 6.34. The Hall–Kier alpha value is -1.55. The van der Waals surface area contributed by atoms with Crippen molar-refractivity contribution in [1.29, 1.82) is 0 Å². The molecule has 1 atom stereocenters. The first-order chi connectivity index (χ1) is 9.91. The number of amides is 1. The number of aliphatic hydroxyl groups is 1. The van der Waals surface area contributed by atoms with Crippen LogP contribution in [0.25, 0.3) is 0 Å². The van der Waals surface area contributed by atoms with Crippen molar-refractivity contribution in [3.05, 3.63) is 29.3 Å². The molecule has 0 aromatic heterocycles. The minimum atomic E-state index is -0.412. The average molecular weight is 291 g/mol. The summed E-state index contributed by atoms with van der Waals surface area (Å²) in [6.45, 7) is 6.00. The van der Waals surface area contributed by atoms with E-state index < -0.39 is 6.10 Å². The topological polar surface area (TPSA) is 58.6 Å². The van der Waals surface area contributed by atoms with E-state index in [0.717, 1.165) is 31.2 Å². The van der Waals surface area contributed by atoms with E-state index in [0.29, 0.717) is 5.75 Å². The van der Waals surface area contributed by atoms with Gasteiger partial charge in [-0.15, -0.1) is 0 Å². The Labute approximate surface area is 126 Å². The van der Waals surface area contributed by atoms with E-state index in [1.54, 1.807) is 0 Å². The number of rotatable bonds is 5. The summed E-state index contributed by atoms with van der Waals surface area (Å²) in [4.78, 5) is 11.9. The van der Waals surface area contributed by atoms with Crippen LogP contribution in [0.1, 0.15) is 57.3 Å². The monoisotopic (exact) mass is 291 g/mol. The molecular formula is C17H25NO3. The molecule has 1 aromatic carbocycles. The molecule has 0 fully saturated rings. The van der Waals surface area contributed by atoms with Crippen LogP contribution in [-0.4, -0.2) is 23.2 Å². The third-order valence-electron chi connectivity index (χ3n) is 4.13. The minimum absolute atomic E-state index is 0.00167. The van der Waals surface area contributed by atoms with E-state index in [1.807, 2.05) is 39.0 Å². The van der Waals surface area contributed by atoms with Gasteiger partial charge >= 0.3 is 0 Å². The number of aliphatic hydroxyl groups excluding tert-OH is 1. The lowest BCUT2D eigenvalue weighted by Gasteiger charge is -2.25. The van der Waals surface area contributed by atoms with Gasteiger partial charge in [-0.1, -0.05) is 13.0 Å². The fraction of sp³-hybridized carbons (Fsp3) is 0.588. The summed E-state index contributed by atoms with van der Waals surface area (Å²) in [5, 5.41) is 12.9. The lowest BCUT2D eigenvalue weighted by molar-refractivity contribution is -0.124. The molecule has 2 rings (SSSR count). The third-order valence-corrected chi connectivity index (χ3v) is 4.13. The number of aryl methyl sites for hydroxylation is 1. The molecule has 0 aliphatic heterocycles. The molecule has 0 saturated heterocycles. The van der Waals surface area contributed by atoms with Gasteiger partial charge in [0.15, 0.2) is 6.61 Å². The molecule has 1 amide bonds. The predicted molar refractivity (Wildman–Crippen MR) is 82.3 cm³/mol. The van der Waals surface area contributed by atoms with Crippen molar-refractivity contribution in [2.24, 2.45) is 0 Å². The number of ether oxygens (including phenoxy) is 1. The maximum absolute atomic E-state index is 11.9. The Bertz CT molecular complexity index is 511. The van der Waals surface area contributed by atoms with E-state index in [-0.39, 0.29) is 18.1 Å². The first-order valence-electron chi connectivity index (χ1n) is 7.66. The molecule has 4 nitrogen and oxygen atoms in total. The molecular weight excluding hydrogens is 266 g/mol. The van der Waals surface area contributed by atoms with Crippen LogP contribution in [0.15, 0.2) is 18.2 Å². The molecule has 0 heterocycles. The molecule has 1 aromatic rings. The fourth-order valence-corrected chi connectivity index (χ4v) is 2.49. The van der Waals surface area contributed by atoms with E-state index in [2.05, 4.69) is 5.32 Å². The Morgan fingerprint density at radius 3 is 2.95 bits per heavy atom. The summed E-state index contributed by atoms with van der Waals surface area (Å²) >= 11 is 0. The van der Waals surface area contributed by atoms with Gasteiger partial charge in [0.05, 0.1) is 6.10 Å². The first kappa shape index (κ1) is 15.8. The molecule has 1 aliphatic rings. The first-order valence-corrected chi connectivity index (χ1v) is 7.66. The SMILES string of the molecule is CCC(C)(C)NC(=O)COc1ccc2c(c1)C(O)CCC2. The van der Waals surface area contributed by atoms with Crippen molar-refractivity contribution in [2.45, 2.75) is 58.1 Å². The number of hydrogen-bond acceptors (Lipinski definition) is 3. The van der Waals surface area contributed by atoms with Gasteiger partial charge in [-0.2, -0.15) is 0 Å². The number of hydrogen-bond donors (Lipinski definition) is 2.